The van der Waals surface area contributed by atoms with E-state index in [-0.39, 0.29) is 5.56 Å². The van der Waals surface area contributed by atoms with Crippen molar-refractivity contribution in [2.75, 3.05) is 0 Å². The fraction of sp³-hybridized carbons (Fsp3) is 0.222. The van der Waals surface area contributed by atoms with Gasteiger partial charge in [-0.25, -0.2) is 4.79 Å². The molecule has 0 aliphatic heterocycles. The van der Waals surface area contributed by atoms with Gasteiger partial charge in [0.25, 0.3) is 0 Å². The molecule has 7 heteroatoms. The molecular weight excluding hydrogens is 218 g/mol. The molecule has 0 spiro atoms. The minimum Gasteiger partial charge on any atom is -0.504 e. The molecule has 0 aliphatic carbocycles. The number of phenols is 3. The van der Waals surface area contributed by atoms with E-state index < -0.39 is 35.4 Å². The van der Waals surface area contributed by atoms with Gasteiger partial charge in [-0.1, -0.05) is 0 Å². The van der Waals surface area contributed by atoms with Crippen LogP contribution in [0.25, 0.3) is 0 Å². The van der Waals surface area contributed by atoms with Crippen LogP contribution in [0.3, 0.4) is 0 Å². The predicted octanol–water partition coefficient (Wildman–Crippen LogP) is -0.922. The van der Waals surface area contributed by atoms with Crippen LogP contribution in [0.1, 0.15) is 5.56 Å². The Morgan fingerprint density at radius 3 is 2.06 bits per heavy atom. The highest BCUT2D eigenvalue weighted by Crippen LogP contribution is 2.35. The van der Waals surface area contributed by atoms with Crippen molar-refractivity contribution in [2.45, 2.75) is 12.1 Å². The number of carboxylic acid groups (broad SMARTS) is 1. The van der Waals surface area contributed by atoms with Crippen molar-refractivity contribution in [3.05, 3.63) is 17.7 Å². The van der Waals surface area contributed by atoms with Crippen LogP contribution in [0.15, 0.2) is 12.1 Å². The van der Waals surface area contributed by atoms with Crippen molar-refractivity contribution in [1.29, 1.82) is 0 Å². The number of aromatic hydroxyl groups is 3. The van der Waals surface area contributed by atoms with Crippen LogP contribution in [0.5, 0.6) is 17.2 Å². The minimum absolute atomic E-state index is 0.0696. The number of aliphatic hydroxyl groups is 1. The van der Waals surface area contributed by atoms with Gasteiger partial charge >= 0.3 is 5.97 Å². The van der Waals surface area contributed by atoms with Gasteiger partial charge in [0.2, 0.25) is 5.72 Å². The van der Waals surface area contributed by atoms with Gasteiger partial charge in [-0.2, -0.15) is 0 Å². The summed E-state index contributed by atoms with van der Waals surface area (Å²) in [7, 11) is 0. The predicted molar refractivity (Wildman–Crippen MR) is 51.9 cm³/mol. The number of hydrogen-bond acceptors (Lipinski definition) is 6. The fourth-order valence-corrected chi connectivity index (χ4v) is 1.15. The van der Waals surface area contributed by atoms with Crippen molar-refractivity contribution in [2.24, 2.45) is 5.73 Å². The van der Waals surface area contributed by atoms with Gasteiger partial charge in [0, 0.05) is 6.42 Å². The molecule has 0 heterocycles. The Labute approximate surface area is 90.0 Å². The van der Waals surface area contributed by atoms with Crippen LogP contribution in [-0.4, -0.2) is 37.2 Å². The molecule has 1 aromatic carbocycles. The van der Waals surface area contributed by atoms with Crippen molar-refractivity contribution in [1.82, 2.24) is 0 Å². The van der Waals surface area contributed by atoms with Crippen molar-refractivity contribution >= 4 is 5.97 Å². The molecule has 88 valence electrons. The van der Waals surface area contributed by atoms with E-state index in [9.17, 15) is 9.90 Å². The van der Waals surface area contributed by atoms with Crippen molar-refractivity contribution < 1.29 is 30.3 Å². The number of phenolic OH excluding ortho intramolecular Hbond substituents is 3. The number of rotatable bonds is 3. The lowest BCUT2D eigenvalue weighted by atomic mass is 10.0. The molecule has 1 aromatic rings. The Morgan fingerprint density at radius 1 is 1.25 bits per heavy atom. The molecule has 7 N–H and O–H groups in total. The second-order valence-electron chi connectivity index (χ2n) is 3.39. The summed E-state index contributed by atoms with van der Waals surface area (Å²) in [6.07, 6.45) is -0.524. The van der Waals surface area contributed by atoms with E-state index in [4.69, 9.17) is 26.2 Å². The van der Waals surface area contributed by atoms with Crippen LogP contribution in [0.2, 0.25) is 0 Å². The van der Waals surface area contributed by atoms with E-state index in [0.717, 1.165) is 12.1 Å². The molecule has 0 amide bonds. The van der Waals surface area contributed by atoms with Crippen molar-refractivity contribution in [3.63, 3.8) is 0 Å². The second kappa shape index (κ2) is 3.87. The van der Waals surface area contributed by atoms with Crippen LogP contribution in [-0.2, 0) is 11.2 Å². The summed E-state index contributed by atoms with van der Waals surface area (Å²) in [4.78, 5) is 10.5. The van der Waals surface area contributed by atoms with Gasteiger partial charge in [0.1, 0.15) is 0 Å². The maximum Gasteiger partial charge on any atom is 0.351 e. The first-order valence-electron chi connectivity index (χ1n) is 4.22. The molecule has 7 nitrogen and oxygen atoms in total. The summed E-state index contributed by atoms with van der Waals surface area (Å²) in [6, 6.07) is 1.99. The number of hydrogen-bond donors (Lipinski definition) is 6. The molecule has 0 bridgehead atoms. The summed E-state index contributed by atoms with van der Waals surface area (Å²) in [5.74, 6) is -3.62. The molecule has 0 aromatic heterocycles. The molecule has 1 unspecified atom stereocenters. The SMILES string of the molecule is NC(O)(Cc1cc(O)c(O)c(O)c1)C(=O)O. The molecule has 0 aliphatic rings. The third kappa shape index (κ3) is 2.33. The molecule has 0 saturated heterocycles. The third-order valence-corrected chi connectivity index (χ3v) is 1.97. The van der Waals surface area contributed by atoms with Crippen LogP contribution >= 0.6 is 0 Å². The van der Waals surface area contributed by atoms with E-state index >= 15 is 0 Å². The smallest absolute Gasteiger partial charge is 0.351 e. The summed E-state index contributed by atoms with van der Waals surface area (Å²) in [6.45, 7) is 0. The summed E-state index contributed by atoms with van der Waals surface area (Å²) >= 11 is 0. The standard InChI is InChI=1S/C9H11NO6/c10-9(16,8(14)15)3-4-1-5(11)7(13)6(12)2-4/h1-2,11-13,16H,3,10H2,(H,14,15). The Bertz CT molecular complexity index is 405. The largest absolute Gasteiger partial charge is 0.504 e. The van der Waals surface area contributed by atoms with Gasteiger partial charge < -0.3 is 25.5 Å². The molecule has 16 heavy (non-hydrogen) atoms. The lowest BCUT2D eigenvalue weighted by molar-refractivity contribution is -0.157. The summed E-state index contributed by atoms with van der Waals surface area (Å²) < 4.78 is 0. The second-order valence-corrected chi connectivity index (χ2v) is 3.39. The lowest BCUT2D eigenvalue weighted by Crippen LogP contribution is -2.49. The highest BCUT2D eigenvalue weighted by atomic mass is 16.4. The van der Waals surface area contributed by atoms with E-state index in [0.29, 0.717) is 0 Å². The van der Waals surface area contributed by atoms with Gasteiger partial charge in [-0.3, -0.25) is 5.73 Å². The fourth-order valence-electron chi connectivity index (χ4n) is 1.15. The zero-order valence-corrected chi connectivity index (χ0v) is 8.08. The molecule has 1 rings (SSSR count). The molecule has 0 radical (unpaired) electrons. The Kier molecular flexibility index (Phi) is 2.92. The first-order chi connectivity index (χ1) is 7.24. The van der Waals surface area contributed by atoms with Gasteiger partial charge in [0.05, 0.1) is 0 Å². The molecule has 1 atom stereocenters. The quantitative estimate of drug-likeness (QED) is 0.290. The van der Waals surface area contributed by atoms with Gasteiger partial charge in [0.15, 0.2) is 17.2 Å². The topological polar surface area (TPSA) is 144 Å². The number of benzene rings is 1. The van der Waals surface area contributed by atoms with Crippen LogP contribution in [0, 0.1) is 0 Å². The third-order valence-electron chi connectivity index (χ3n) is 1.97. The van der Waals surface area contributed by atoms with Crippen molar-refractivity contribution in [3.8, 4) is 17.2 Å². The maximum atomic E-state index is 10.5. The molecule has 0 fully saturated rings. The Morgan fingerprint density at radius 2 is 1.69 bits per heavy atom. The van der Waals surface area contributed by atoms with Crippen LogP contribution < -0.4 is 5.73 Å². The number of carboxylic acids is 1. The first kappa shape index (κ1) is 12.1. The number of aliphatic carboxylic acids is 1. The highest BCUT2D eigenvalue weighted by molar-refractivity contribution is 5.76. The lowest BCUT2D eigenvalue weighted by Gasteiger charge is -2.17. The monoisotopic (exact) mass is 229 g/mol. The highest BCUT2D eigenvalue weighted by Gasteiger charge is 2.31. The summed E-state index contributed by atoms with van der Waals surface area (Å²) in [5.41, 5.74) is 2.63. The zero-order valence-electron chi connectivity index (χ0n) is 8.08. The maximum absolute atomic E-state index is 10.5. The van der Waals surface area contributed by atoms with E-state index in [1.165, 1.54) is 0 Å². The molecule has 0 saturated carbocycles. The summed E-state index contributed by atoms with van der Waals surface area (Å²) in [5, 5.41) is 45.1. The van der Waals surface area contributed by atoms with Crippen LogP contribution in [0.4, 0.5) is 0 Å². The minimum atomic E-state index is -2.50. The average Bonchev–Trinajstić information content (AvgIpc) is 2.13. The van der Waals surface area contributed by atoms with Gasteiger partial charge in [-0.05, 0) is 17.7 Å². The number of carbonyl (C=O) groups is 1. The van der Waals surface area contributed by atoms with E-state index in [2.05, 4.69) is 0 Å². The molecular formula is C9H11NO6. The zero-order chi connectivity index (χ0) is 12.5. The number of nitrogens with two attached hydrogens (primary N) is 1. The average molecular weight is 229 g/mol. The van der Waals surface area contributed by atoms with Gasteiger partial charge in [-0.15, -0.1) is 0 Å². The Hall–Kier alpha value is -1.99. The van der Waals surface area contributed by atoms with E-state index in [1.807, 2.05) is 0 Å². The normalized spacial score (nSPS) is 14.4. The Balaban J connectivity index is 3.04. The first-order valence-corrected chi connectivity index (χ1v) is 4.22. The van der Waals surface area contributed by atoms with E-state index in [1.54, 1.807) is 0 Å².